The zero-order valence-electron chi connectivity index (χ0n) is 17.4. The van der Waals surface area contributed by atoms with Gasteiger partial charge in [0.1, 0.15) is 12.1 Å². The van der Waals surface area contributed by atoms with Crippen molar-refractivity contribution in [3.05, 3.63) is 11.7 Å². The SMILES string of the molecule is CCNC(=NCc1noc(C)n1)NC1CCC(NC(=O)OC(C)(C)C)CC1.I. The second-order valence-corrected chi connectivity index (χ2v) is 7.76. The fraction of sp³-hybridized carbons (Fsp3) is 0.778. The molecule has 0 atom stereocenters. The molecule has 3 N–H and O–H groups in total. The van der Waals surface area contributed by atoms with Crippen LogP contribution in [-0.2, 0) is 11.3 Å². The summed E-state index contributed by atoms with van der Waals surface area (Å²) in [6.45, 7) is 10.5. The van der Waals surface area contributed by atoms with Gasteiger partial charge in [0.15, 0.2) is 11.8 Å². The van der Waals surface area contributed by atoms with Crippen LogP contribution in [0, 0.1) is 6.92 Å². The van der Waals surface area contributed by atoms with E-state index in [2.05, 4.69) is 31.1 Å². The number of aromatic nitrogens is 2. The van der Waals surface area contributed by atoms with Gasteiger partial charge in [0.25, 0.3) is 0 Å². The molecule has 1 fully saturated rings. The average molecular weight is 508 g/mol. The Morgan fingerprint density at radius 2 is 1.82 bits per heavy atom. The molecule has 0 aliphatic heterocycles. The van der Waals surface area contributed by atoms with Crippen LogP contribution in [0.5, 0.6) is 0 Å². The predicted molar refractivity (Wildman–Crippen MR) is 118 cm³/mol. The minimum absolute atomic E-state index is 0. The molecule has 28 heavy (non-hydrogen) atoms. The molecule has 1 amide bonds. The van der Waals surface area contributed by atoms with Gasteiger partial charge in [0.2, 0.25) is 5.89 Å². The first kappa shape index (κ1) is 24.4. The van der Waals surface area contributed by atoms with Gasteiger partial charge in [0, 0.05) is 25.6 Å². The summed E-state index contributed by atoms with van der Waals surface area (Å²) in [5.41, 5.74) is -0.475. The third kappa shape index (κ3) is 9.07. The van der Waals surface area contributed by atoms with Crippen LogP contribution in [0.3, 0.4) is 0 Å². The molecule has 0 unspecified atom stereocenters. The van der Waals surface area contributed by atoms with Crippen molar-refractivity contribution in [2.45, 2.75) is 84.5 Å². The van der Waals surface area contributed by atoms with Crippen LogP contribution in [0.1, 0.15) is 65.1 Å². The molecule has 160 valence electrons. The van der Waals surface area contributed by atoms with E-state index in [0.717, 1.165) is 38.2 Å². The molecular weight excluding hydrogens is 475 g/mol. The summed E-state index contributed by atoms with van der Waals surface area (Å²) in [5.74, 6) is 1.84. The maximum Gasteiger partial charge on any atom is 0.407 e. The second kappa shape index (κ2) is 11.4. The second-order valence-electron chi connectivity index (χ2n) is 7.76. The zero-order chi connectivity index (χ0) is 19.9. The summed E-state index contributed by atoms with van der Waals surface area (Å²) in [6.07, 6.45) is 3.36. The molecule has 0 saturated heterocycles. The average Bonchev–Trinajstić information content (AvgIpc) is 2.98. The van der Waals surface area contributed by atoms with Crippen molar-refractivity contribution < 1.29 is 14.1 Å². The molecular formula is C18H33IN6O3. The molecule has 1 heterocycles. The standard InChI is InChI=1S/C18H32N6O3.HI/c1-6-19-16(20-11-15-21-12(2)27-24-15)22-13-7-9-14(10-8-13)23-17(25)26-18(3,4)5;/h13-14H,6-11H2,1-5H3,(H,23,25)(H2,19,20,22);1H. The van der Waals surface area contributed by atoms with Crippen LogP contribution in [0.4, 0.5) is 4.79 Å². The minimum Gasteiger partial charge on any atom is -0.444 e. The predicted octanol–water partition coefficient (Wildman–Crippen LogP) is 2.89. The number of amides is 1. The summed E-state index contributed by atoms with van der Waals surface area (Å²) < 4.78 is 10.3. The summed E-state index contributed by atoms with van der Waals surface area (Å²) in [7, 11) is 0. The van der Waals surface area contributed by atoms with E-state index in [9.17, 15) is 4.79 Å². The molecule has 1 saturated carbocycles. The molecule has 0 aromatic carbocycles. The number of ether oxygens (including phenoxy) is 1. The lowest BCUT2D eigenvalue weighted by Gasteiger charge is -2.31. The van der Waals surface area contributed by atoms with Gasteiger partial charge < -0.3 is 25.2 Å². The highest BCUT2D eigenvalue weighted by atomic mass is 127. The first-order valence-electron chi connectivity index (χ1n) is 9.58. The first-order valence-corrected chi connectivity index (χ1v) is 9.58. The number of carbonyl (C=O) groups excluding carboxylic acids is 1. The number of guanidine groups is 1. The minimum atomic E-state index is -0.475. The quantitative estimate of drug-likeness (QED) is 0.319. The van der Waals surface area contributed by atoms with E-state index in [1.165, 1.54) is 0 Å². The highest BCUT2D eigenvalue weighted by Crippen LogP contribution is 2.19. The van der Waals surface area contributed by atoms with Crippen LogP contribution in [-0.4, -0.2) is 46.4 Å². The van der Waals surface area contributed by atoms with E-state index >= 15 is 0 Å². The van der Waals surface area contributed by atoms with Crippen molar-refractivity contribution in [1.29, 1.82) is 0 Å². The van der Waals surface area contributed by atoms with Gasteiger partial charge in [-0.25, -0.2) is 9.79 Å². The lowest BCUT2D eigenvalue weighted by Crippen LogP contribution is -2.48. The van der Waals surface area contributed by atoms with E-state index < -0.39 is 5.60 Å². The Morgan fingerprint density at radius 3 is 2.32 bits per heavy atom. The molecule has 1 aromatic heterocycles. The normalized spacial score (nSPS) is 20.1. The van der Waals surface area contributed by atoms with Crippen molar-refractivity contribution in [3.63, 3.8) is 0 Å². The summed E-state index contributed by atoms with van der Waals surface area (Å²) in [4.78, 5) is 20.6. The Hall–Kier alpha value is -1.59. The van der Waals surface area contributed by atoms with Crippen LogP contribution >= 0.6 is 24.0 Å². The largest absolute Gasteiger partial charge is 0.444 e. The summed E-state index contributed by atoms with van der Waals surface area (Å²) in [5, 5.41) is 13.5. The number of aliphatic imine (C=N–C) groups is 1. The van der Waals surface area contributed by atoms with Crippen molar-refractivity contribution in [3.8, 4) is 0 Å². The number of hydrogen-bond acceptors (Lipinski definition) is 6. The number of aryl methyl sites for hydroxylation is 1. The maximum atomic E-state index is 11.9. The first-order chi connectivity index (χ1) is 12.7. The van der Waals surface area contributed by atoms with Crippen LogP contribution in [0.2, 0.25) is 0 Å². The molecule has 1 aromatic rings. The smallest absolute Gasteiger partial charge is 0.407 e. The number of halogens is 1. The van der Waals surface area contributed by atoms with Gasteiger partial charge in [0.05, 0.1) is 0 Å². The van der Waals surface area contributed by atoms with E-state index in [-0.39, 0.29) is 36.1 Å². The number of nitrogens with zero attached hydrogens (tertiary/aromatic N) is 3. The lowest BCUT2D eigenvalue weighted by molar-refractivity contribution is 0.0490. The molecule has 1 aliphatic rings. The van der Waals surface area contributed by atoms with Gasteiger partial charge in [-0.3, -0.25) is 0 Å². The Kier molecular flexibility index (Phi) is 9.97. The van der Waals surface area contributed by atoms with Crippen LogP contribution in [0.25, 0.3) is 0 Å². The van der Waals surface area contributed by atoms with Crippen molar-refractivity contribution in [1.82, 2.24) is 26.1 Å². The molecule has 2 rings (SSSR count). The highest BCUT2D eigenvalue weighted by Gasteiger charge is 2.25. The number of nitrogens with one attached hydrogen (secondary N) is 3. The molecule has 1 aliphatic carbocycles. The molecule has 10 heteroatoms. The van der Waals surface area contributed by atoms with Gasteiger partial charge in [-0.05, 0) is 53.4 Å². The van der Waals surface area contributed by atoms with Crippen molar-refractivity contribution in [2.75, 3.05) is 6.54 Å². The zero-order valence-corrected chi connectivity index (χ0v) is 19.7. The Morgan fingerprint density at radius 1 is 1.21 bits per heavy atom. The topological polar surface area (TPSA) is 114 Å². The number of rotatable bonds is 5. The van der Waals surface area contributed by atoms with Crippen LogP contribution < -0.4 is 16.0 Å². The molecule has 0 bridgehead atoms. The fourth-order valence-electron chi connectivity index (χ4n) is 2.92. The number of carbonyl (C=O) groups is 1. The van der Waals surface area contributed by atoms with E-state index in [0.29, 0.717) is 24.3 Å². The molecule has 0 spiro atoms. The number of hydrogen-bond donors (Lipinski definition) is 3. The fourth-order valence-corrected chi connectivity index (χ4v) is 2.92. The third-order valence-corrected chi connectivity index (χ3v) is 4.08. The van der Waals surface area contributed by atoms with E-state index in [4.69, 9.17) is 9.26 Å². The van der Waals surface area contributed by atoms with E-state index in [1.54, 1.807) is 6.92 Å². The monoisotopic (exact) mass is 508 g/mol. The maximum absolute atomic E-state index is 11.9. The van der Waals surface area contributed by atoms with Crippen molar-refractivity contribution in [2.24, 2.45) is 4.99 Å². The summed E-state index contributed by atoms with van der Waals surface area (Å²) >= 11 is 0. The van der Waals surface area contributed by atoms with E-state index in [1.807, 2.05) is 27.7 Å². The summed E-state index contributed by atoms with van der Waals surface area (Å²) in [6, 6.07) is 0.464. The van der Waals surface area contributed by atoms with Crippen LogP contribution in [0.15, 0.2) is 9.52 Å². The molecule has 0 radical (unpaired) electrons. The third-order valence-electron chi connectivity index (χ3n) is 4.08. The lowest BCUT2D eigenvalue weighted by atomic mass is 9.91. The van der Waals surface area contributed by atoms with Gasteiger partial charge in [-0.15, -0.1) is 24.0 Å². The van der Waals surface area contributed by atoms with Crippen molar-refractivity contribution >= 4 is 36.0 Å². The van der Waals surface area contributed by atoms with Gasteiger partial charge in [-0.1, -0.05) is 5.16 Å². The number of alkyl carbamates (subject to hydrolysis) is 1. The van der Waals surface area contributed by atoms with Gasteiger partial charge in [-0.2, -0.15) is 4.98 Å². The Labute approximate surface area is 183 Å². The molecule has 9 nitrogen and oxygen atoms in total. The van der Waals surface area contributed by atoms with Gasteiger partial charge >= 0.3 is 6.09 Å². The highest BCUT2D eigenvalue weighted by molar-refractivity contribution is 14.0. The Bertz CT molecular complexity index is 636. The Balaban J connectivity index is 0.00000392.